The van der Waals surface area contributed by atoms with Crippen LogP contribution < -0.4 is 45.4 Å². The molecular weight excluding hydrogens is 632 g/mol. The van der Waals surface area contributed by atoms with Crippen molar-refractivity contribution in [2.45, 2.75) is 6.67 Å². The molecule has 0 spiro atoms. The van der Waals surface area contributed by atoms with Crippen LogP contribution in [0.1, 0.15) is 0 Å². The van der Waals surface area contributed by atoms with Gasteiger partial charge in [0.2, 0.25) is 58.2 Å². The average molecular weight is 681 g/mol. The van der Waals surface area contributed by atoms with Crippen molar-refractivity contribution in [3.63, 3.8) is 0 Å². The number of hydrogen-bond acceptors (Lipinski definition) is 10. The maximum atomic E-state index is 8.66. The molecule has 0 saturated carbocycles. The summed E-state index contributed by atoms with van der Waals surface area (Å²) < 4.78 is 6.07. The van der Waals surface area contributed by atoms with Gasteiger partial charge in [0.25, 0.3) is 0 Å². The Morgan fingerprint density at radius 2 is 1.50 bits per heavy atom. The predicted molar refractivity (Wildman–Crippen MR) is 176 cm³/mol. The molecule has 0 atom stereocenters. The number of hydrogen-bond donors (Lipinski definition) is 15. The van der Waals surface area contributed by atoms with E-state index in [2.05, 4.69) is 56.0 Å². The number of nitrogens with two attached hydrogens (primary N) is 4. The van der Waals surface area contributed by atoms with Crippen LogP contribution in [0.2, 0.25) is 0 Å². The summed E-state index contributed by atoms with van der Waals surface area (Å²) in [6.45, 7) is -0.159. The molecule has 268 valence electrons. The van der Waals surface area contributed by atoms with E-state index in [9.17, 15) is 0 Å². The van der Waals surface area contributed by atoms with E-state index >= 15 is 0 Å². The van der Waals surface area contributed by atoms with E-state index in [0.29, 0.717) is 0 Å². The van der Waals surface area contributed by atoms with Crippen molar-refractivity contribution in [3.05, 3.63) is 22.5 Å². The first-order chi connectivity index (χ1) is 22.3. The smallest absolute Gasteiger partial charge is 0.243 e. The topological polar surface area (TPSA) is 415 Å². The fraction of sp³-hybridized carbons (Fsp3) is 0.500. The molecule has 28 nitrogen and oxygen atoms in total. The number of nitrogens with zero attached hydrogens (tertiary/aromatic N) is 13. The molecule has 0 unspecified atom stereocenters. The summed E-state index contributed by atoms with van der Waals surface area (Å²) in [6.07, 6.45) is 0. The van der Waals surface area contributed by atoms with Crippen LogP contribution in [0.25, 0.3) is 0 Å². The number of H-pyrrole nitrogens is 6. The molecule has 0 aromatic carbocycles. The standard InChI is InChI=1S/C20H48N28/c1-30-19-46(9)45(8)17(29)44(7)16(28)35-38-34-13(25)32-15(27)47(10-43(6)20(42(4)5)31-11(21)22)39-36-18(33-14(26)41(2)3)37-40-48(19)12(23)24/h29,38-40H,10H2,1-9H3,(H3,21,22)(H3,23,24)(H2,28,35)(H4,25,27,32,34)(H3,26,33,36,37)/b29-17?,30-19+,31-20-. The maximum Gasteiger partial charge on any atom is 0.243 e. The Morgan fingerprint density at radius 1 is 0.896 bits per heavy atom. The molecule has 0 bridgehead atoms. The van der Waals surface area contributed by atoms with Crippen LogP contribution in [0.15, 0.2) is 15.0 Å². The molecule has 0 aliphatic carbocycles. The Hall–Kier alpha value is -6.90. The third-order valence-electron chi connectivity index (χ3n) is 5.74. The van der Waals surface area contributed by atoms with Crippen molar-refractivity contribution in [3.8, 4) is 0 Å². The Labute approximate surface area is 272 Å². The second kappa shape index (κ2) is 17.6. The van der Waals surface area contributed by atoms with Crippen molar-refractivity contribution in [2.24, 2.45) is 47.6 Å². The zero-order chi connectivity index (χ0) is 36.9. The van der Waals surface area contributed by atoms with Crippen molar-refractivity contribution < 1.29 is 0 Å². The van der Waals surface area contributed by atoms with E-state index in [4.69, 9.17) is 50.0 Å². The quantitative estimate of drug-likeness (QED) is 0.104. The predicted octanol–water partition coefficient (Wildman–Crippen LogP) is -5.82. The summed E-state index contributed by atoms with van der Waals surface area (Å²) in [7, 11) is 14.2. The van der Waals surface area contributed by atoms with E-state index in [1.165, 1.54) is 44.9 Å². The largest absolute Gasteiger partial charge is 0.368 e. The second-order valence-electron chi connectivity index (χ2n) is 9.81. The molecule has 19 N–H and O–H groups in total. The summed E-state index contributed by atoms with van der Waals surface area (Å²) in [4.78, 5) is 20.9. The van der Waals surface area contributed by atoms with Crippen molar-refractivity contribution in [1.29, 1.82) is 27.0 Å². The first-order valence-electron chi connectivity index (χ1n) is 13.5. The van der Waals surface area contributed by atoms with Gasteiger partial charge in [-0.1, -0.05) is 0 Å². The molecule has 0 radical (unpaired) electrons. The van der Waals surface area contributed by atoms with Gasteiger partial charge in [0.15, 0.2) is 0 Å². The highest BCUT2D eigenvalue weighted by molar-refractivity contribution is 5.92. The zero-order valence-electron chi connectivity index (χ0n) is 28.3. The van der Waals surface area contributed by atoms with Gasteiger partial charge < -0.3 is 37.6 Å². The highest BCUT2D eigenvalue weighted by Gasteiger charge is 2.10. The van der Waals surface area contributed by atoms with E-state index in [1.807, 2.05) is 0 Å². The minimum Gasteiger partial charge on any atom is -0.368 e. The highest BCUT2D eigenvalue weighted by atomic mass is 15.5. The van der Waals surface area contributed by atoms with Gasteiger partial charge >= 0.3 is 0 Å². The van der Waals surface area contributed by atoms with E-state index in [1.54, 1.807) is 47.2 Å². The maximum absolute atomic E-state index is 8.66. The molecule has 48 heavy (non-hydrogen) atoms. The lowest BCUT2D eigenvalue weighted by Crippen LogP contribution is -2.44. The Bertz CT molecular complexity index is 1910. The average Bonchev–Trinajstić information content (AvgIpc) is 3.00. The monoisotopic (exact) mass is 680 g/mol. The number of rotatable bonds is 2. The molecule has 0 amide bonds. The van der Waals surface area contributed by atoms with Gasteiger partial charge in [0.05, 0.1) is 0 Å². The van der Waals surface area contributed by atoms with Crippen LogP contribution >= 0.6 is 0 Å². The Morgan fingerprint density at radius 3 is 2.02 bits per heavy atom. The molecule has 1 aromatic heterocycles. The third kappa shape index (κ3) is 11.2. The zero-order valence-corrected chi connectivity index (χ0v) is 28.3. The lowest BCUT2D eigenvalue weighted by molar-refractivity contribution is 0.314. The number of aromatic amines is 6. The van der Waals surface area contributed by atoms with Gasteiger partial charge in [-0.3, -0.25) is 61.3 Å². The summed E-state index contributed by atoms with van der Waals surface area (Å²) in [5.41, 5.74) is 22.6. The normalized spacial score (nSPS) is 11.4. The Balaban J connectivity index is 4.73. The van der Waals surface area contributed by atoms with Gasteiger partial charge in [-0.25, -0.2) is 20.3 Å². The van der Waals surface area contributed by atoms with E-state index in [-0.39, 0.29) is 47.3 Å². The lowest BCUT2D eigenvalue weighted by Gasteiger charge is -2.26. The van der Waals surface area contributed by atoms with Crippen molar-refractivity contribution >= 4 is 35.7 Å². The third-order valence-corrected chi connectivity index (χ3v) is 5.74. The van der Waals surface area contributed by atoms with Crippen molar-refractivity contribution in [1.82, 2.24) is 79.0 Å². The summed E-state index contributed by atoms with van der Waals surface area (Å²) >= 11 is 0. The number of nitrogen functional groups attached to an aromatic ring is 3. The van der Waals surface area contributed by atoms with Crippen LogP contribution in [0.5, 0.6) is 0 Å². The van der Waals surface area contributed by atoms with Gasteiger partial charge in [-0.2, -0.15) is 19.7 Å². The summed E-state index contributed by atoms with van der Waals surface area (Å²) in [5.74, 6) is -1.43. The van der Waals surface area contributed by atoms with Crippen LogP contribution in [0, 0.1) is 27.0 Å². The molecule has 28 heteroatoms. The Kier molecular flexibility index (Phi) is 14.3. The highest BCUT2D eigenvalue weighted by Crippen LogP contribution is 1.93. The van der Waals surface area contributed by atoms with Crippen molar-refractivity contribution in [2.75, 3.05) is 53.8 Å². The summed E-state index contributed by atoms with van der Waals surface area (Å²) in [5, 5.41) is 61.0. The van der Waals surface area contributed by atoms with Crippen LogP contribution in [0.3, 0.4) is 0 Å². The molecule has 1 rings (SSSR count). The first-order valence-corrected chi connectivity index (χ1v) is 13.5. The number of aromatic nitrogens is 13. The number of guanidine groups is 3. The minimum absolute atomic E-state index is 0.0195. The molecule has 1 aromatic rings. The fourth-order valence-electron chi connectivity index (χ4n) is 3.22. The SMILES string of the molecule is C/N=c1/n(C(=N)N)[nH][nH]/c(=N\C(=N)N(C)C)[nH][nH]n(CN(C)/C(=N\C(=N)N)N(C)C)c(=N)nc(N)[nH][nH]nc(N)n(C)c(=N)n(C)n1C. The van der Waals surface area contributed by atoms with Gasteiger partial charge in [0.1, 0.15) is 6.67 Å². The van der Waals surface area contributed by atoms with Crippen LogP contribution in [-0.4, -0.2) is 145 Å². The van der Waals surface area contributed by atoms with Crippen LogP contribution in [-0.2, 0) is 27.8 Å². The first kappa shape index (κ1) is 39.1. The number of aliphatic imine (C=N–C) groups is 1. The van der Waals surface area contributed by atoms with Gasteiger partial charge in [-0.15, -0.1) is 5.10 Å². The molecule has 0 aliphatic rings. The number of anilines is 2. The number of nitrogens with one attached hydrogen (secondary N) is 11. The van der Waals surface area contributed by atoms with Crippen LogP contribution in [0.4, 0.5) is 11.9 Å². The fourth-order valence-corrected chi connectivity index (χ4v) is 3.22. The molecule has 0 fully saturated rings. The van der Waals surface area contributed by atoms with Gasteiger partial charge in [0, 0.05) is 63.4 Å². The summed E-state index contributed by atoms with van der Waals surface area (Å²) in [6, 6.07) is 0. The second-order valence-corrected chi connectivity index (χ2v) is 9.81. The minimum atomic E-state index is -0.531. The van der Waals surface area contributed by atoms with Gasteiger partial charge in [-0.05, 0) is 0 Å². The van der Waals surface area contributed by atoms with E-state index < -0.39 is 17.5 Å². The molecule has 1 heterocycles. The molecular formula is C20H48N28. The lowest BCUT2D eigenvalue weighted by atomic mass is 10.6. The molecule has 0 aliphatic heterocycles. The van der Waals surface area contributed by atoms with E-state index in [0.717, 1.165) is 9.36 Å². The molecule has 0 saturated heterocycles.